The van der Waals surface area contributed by atoms with Crippen molar-refractivity contribution in [3.05, 3.63) is 11.3 Å². The molecular formula is C9H14O4. The van der Waals surface area contributed by atoms with Crippen LogP contribution in [0.4, 0.5) is 0 Å². The average molecular weight is 186 g/mol. The highest BCUT2D eigenvalue weighted by Gasteiger charge is 2.10. The third-order valence-electron chi connectivity index (χ3n) is 1.67. The SMILES string of the molecule is COC(=O)CC/C(C(C)=O)=C(/C)O. The number of rotatable bonds is 4. The van der Waals surface area contributed by atoms with Gasteiger partial charge in [0.15, 0.2) is 5.78 Å². The maximum atomic E-state index is 10.9. The molecule has 0 saturated heterocycles. The lowest BCUT2D eigenvalue weighted by atomic mass is 10.1. The van der Waals surface area contributed by atoms with Gasteiger partial charge in [-0.15, -0.1) is 0 Å². The first-order valence-electron chi connectivity index (χ1n) is 3.95. The van der Waals surface area contributed by atoms with E-state index >= 15 is 0 Å². The molecular weight excluding hydrogens is 172 g/mol. The summed E-state index contributed by atoms with van der Waals surface area (Å²) in [6.45, 7) is 2.78. The number of Topliss-reactive ketones (excluding diaryl/α,β-unsaturated/α-hetero) is 1. The van der Waals surface area contributed by atoms with Gasteiger partial charge in [-0.1, -0.05) is 0 Å². The van der Waals surface area contributed by atoms with Crippen molar-refractivity contribution < 1.29 is 19.4 Å². The Kier molecular flexibility index (Phi) is 4.80. The lowest BCUT2D eigenvalue weighted by Crippen LogP contribution is -2.05. The Morgan fingerprint density at radius 1 is 1.23 bits per heavy atom. The Morgan fingerprint density at radius 2 is 1.77 bits per heavy atom. The van der Waals surface area contributed by atoms with Gasteiger partial charge in [0.1, 0.15) is 0 Å². The fraction of sp³-hybridized carbons (Fsp3) is 0.556. The van der Waals surface area contributed by atoms with E-state index in [1.54, 1.807) is 0 Å². The van der Waals surface area contributed by atoms with Crippen LogP contribution in [0.5, 0.6) is 0 Å². The molecule has 74 valence electrons. The quantitative estimate of drug-likeness (QED) is 0.409. The molecule has 4 heteroatoms. The first kappa shape index (κ1) is 11.7. The molecule has 1 N–H and O–H groups in total. The molecule has 0 atom stereocenters. The maximum absolute atomic E-state index is 10.9. The number of allylic oxidation sites excluding steroid dienone is 2. The lowest BCUT2D eigenvalue weighted by molar-refractivity contribution is -0.140. The molecule has 0 aromatic heterocycles. The zero-order valence-corrected chi connectivity index (χ0v) is 8.09. The van der Waals surface area contributed by atoms with Crippen LogP contribution in [0, 0.1) is 0 Å². The van der Waals surface area contributed by atoms with Gasteiger partial charge in [0.05, 0.1) is 12.9 Å². The predicted octanol–water partition coefficient (Wildman–Crippen LogP) is 1.36. The van der Waals surface area contributed by atoms with E-state index in [-0.39, 0.29) is 35.9 Å². The zero-order chi connectivity index (χ0) is 10.4. The van der Waals surface area contributed by atoms with Crippen LogP contribution in [0.25, 0.3) is 0 Å². The van der Waals surface area contributed by atoms with Crippen molar-refractivity contribution in [2.75, 3.05) is 7.11 Å². The van der Waals surface area contributed by atoms with E-state index in [1.807, 2.05) is 0 Å². The number of esters is 1. The number of hydrogen-bond donors (Lipinski definition) is 1. The average Bonchev–Trinajstić information content (AvgIpc) is 2.03. The smallest absolute Gasteiger partial charge is 0.305 e. The van der Waals surface area contributed by atoms with Crippen molar-refractivity contribution in [2.24, 2.45) is 0 Å². The molecule has 0 saturated carbocycles. The normalized spacial score (nSPS) is 11.9. The van der Waals surface area contributed by atoms with E-state index in [0.717, 1.165) is 0 Å². The highest BCUT2D eigenvalue weighted by Crippen LogP contribution is 2.10. The number of aliphatic hydroxyl groups excluding tert-OH is 1. The summed E-state index contributed by atoms with van der Waals surface area (Å²) in [5, 5.41) is 9.07. The van der Waals surface area contributed by atoms with Crippen LogP contribution >= 0.6 is 0 Å². The standard InChI is InChI=1S/C9H14O4/c1-6(10)8(7(2)11)4-5-9(12)13-3/h10H,4-5H2,1-3H3/b8-6+. The summed E-state index contributed by atoms with van der Waals surface area (Å²) in [6, 6.07) is 0. The molecule has 0 aliphatic rings. The third-order valence-corrected chi connectivity index (χ3v) is 1.67. The van der Waals surface area contributed by atoms with Crippen molar-refractivity contribution in [1.29, 1.82) is 0 Å². The number of carbonyl (C=O) groups is 2. The van der Waals surface area contributed by atoms with Crippen molar-refractivity contribution in [3.63, 3.8) is 0 Å². The molecule has 0 heterocycles. The van der Waals surface area contributed by atoms with Gasteiger partial charge in [0.25, 0.3) is 0 Å². The van der Waals surface area contributed by atoms with Crippen molar-refractivity contribution >= 4 is 11.8 Å². The summed E-state index contributed by atoms with van der Waals surface area (Å²) >= 11 is 0. The fourth-order valence-electron chi connectivity index (χ4n) is 0.941. The van der Waals surface area contributed by atoms with E-state index in [0.29, 0.717) is 0 Å². The first-order valence-corrected chi connectivity index (χ1v) is 3.95. The Bertz CT molecular complexity index is 236. The molecule has 0 bridgehead atoms. The Morgan fingerprint density at radius 3 is 2.08 bits per heavy atom. The van der Waals surface area contributed by atoms with Crippen molar-refractivity contribution in [1.82, 2.24) is 0 Å². The Labute approximate surface area is 77.2 Å². The van der Waals surface area contributed by atoms with Gasteiger partial charge in [-0.2, -0.15) is 0 Å². The van der Waals surface area contributed by atoms with Gasteiger partial charge >= 0.3 is 5.97 Å². The molecule has 4 nitrogen and oxygen atoms in total. The number of ketones is 1. The van der Waals surface area contributed by atoms with Gasteiger partial charge in [0.2, 0.25) is 0 Å². The van der Waals surface area contributed by atoms with Crippen LogP contribution < -0.4 is 0 Å². The van der Waals surface area contributed by atoms with E-state index in [9.17, 15) is 9.59 Å². The van der Waals surface area contributed by atoms with Crippen molar-refractivity contribution in [2.45, 2.75) is 26.7 Å². The fourth-order valence-corrected chi connectivity index (χ4v) is 0.941. The van der Waals surface area contributed by atoms with Gasteiger partial charge in [-0.05, 0) is 20.3 Å². The first-order chi connectivity index (χ1) is 5.99. The number of hydrogen-bond acceptors (Lipinski definition) is 4. The minimum Gasteiger partial charge on any atom is -0.512 e. The second kappa shape index (κ2) is 5.35. The number of carbonyl (C=O) groups excluding carboxylic acids is 2. The third kappa shape index (κ3) is 4.30. The predicted molar refractivity (Wildman–Crippen MR) is 47.3 cm³/mol. The molecule has 0 spiro atoms. The highest BCUT2D eigenvalue weighted by molar-refractivity contribution is 5.94. The molecule has 0 aromatic carbocycles. The zero-order valence-electron chi connectivity index (χ0n) is 8.09. The lowest BCUT2D eigenvalue weighted by Gasteiger charge is -2.03. The van der Waals surface area contributed by atoms with Crippen LogP contribution in [0.1, 0.15) is 26.7 Å². The van der Waals surface area contributed by atoms with Crippen LogP contribution in [-0.2, 0) is 14.3 Å². The van der Waals surface area contributed by atoms with Crippen LogP contribution in [-0.4, -0.2) is 24.0 Å². The van der Waals surface area contributed by atoms with Gasteiger partial charge < -0.3 is 9.84 Å². The van der Waals surface area contributed by atoms with Crippen LogP contribution in [0.15, 0.2) is 11.3 Å². The summed E-state index contributed by atoms with van der Waals surface area (Å²) in [7, 11) is 1.28. The van der Waals surface area contributed by atoms with E-state index in [4.69, 9.17) is 5.11 Å². The Hall–Kier alpha value is -1.32. The van der Waals surface area contributed by atoms with Crippen LogP contribution in [0.3, 0.4) is 0 Å². The molecule has 0 fully saturated rings. The minimum atomic E-state index is -0.389. The van der Waals surface area contributed by atoms with E-state index in [2.05, 4.69) is 4.74 Å². The largest absolute Gasteiger partial charge is 0.512 e. The molecule has 0 radical (unpaired) electrons. The van der Waals surface area contributed by atoms with Crippen LogP contribution in [0.2, 0.25) is 0 Å². The number of methoxy groups -OCH3 is 1. The molecule has 0 amide bonds. The maximum Gasteiger partial charge on any atom is 0.305 e. The second-order valence-corrected chi connectivity index (χ2v) is 2.70. The van der Waals surface area contributed by atoms with Gasteiger partial charge in [0, 0.05) is 12.0 Å². The monoisotopic (exact) mass is 186 g/mol. The van der Waals surface area contributed by atoms with Gasteiger partial charge in [-0.3, -0.25) is 9.59 Å². The summed E-state index contributed by atoms with van der Waals surface area (Å²) < 4.78 is 4.41. The molecule has 0 aliphatic heterocycles. The topological polar surface area (TPSA) is 63.6 Å². The summed E-state index contributed by atoms with van der Waals surface area (Å²) in [6.07, 6.45) is 0.341. The van der Waals surface area contributed by atoms with Gasteiger partial charge in [-0.25, -0.2) is 0 Å². The second-order valence-electron chi connectivity index (χ2n) is 2.70. The molecule has 0 aromatic rings. The summed E-state index contributed by atoms with van der Waals surface area (Å²) in [4.78, 5) is 21.6. The van der Waals surface area contributed by atoms with E-state index in [1.165, 1.54) is 21.0 Å². The molecule has 0 aliphatic carbocycles. The summed E-state index contributed by atoms with van der Waals surface area (Å²) in [5.41, 5.74) is 0.283. The number of ether oxygens (including phenoxy) is 1. The Balaban J connectivity index is 4.24. The van der Waals surface area contributed by atoms with E-state index < -0.39 is 0 Å². The van der Waals surface area contributed by atoms with Crippen molar-refractivity contribution in [3.8, 4) is 0 Å². The molecule has 0 rings (SSSR count). The molecule has 0 unspecified atom stereocenters. The highest BCUT2D eigenvalue weighted by atomic mass is 16.5. The summed E-state index contributed by atoms with van der Waals surface area (Å²) in [5.74, 6) is -0.639. The molecule has 13 heavy (non-hydrogen) atoms. The minimum absolute atomic E-state index is 0.0311. The number of aliphatic hydroxyl groups is 1.